The van der Waals surface area contributed by atoms with Gasteiger partial charge in [0.05, 0.1) is 5.52 Å². The molecule has 0 spiro atoms. The van der Waals surface area contributed by atoms with Gasteiger partial charge in [-0.1, -0.05) is 12.1 Å². The van der Waals surface area contributed by atoms with Gasteiger partial charge in [-0.2, -0.15) is 0 Å². The summed E-state index contributed by atoms with van der Waals surface area (Å²) in [4.78, 5) is 55.4. The lowest BCUT2D eigenvalue weighted by Gasteiger charge is -2.13. The lowest BCUT2D eigenvalue weighted by molar-refractivity contribution is 0.619. The van der Waals surface area contributed by atoms with Crippen molar-refractivity contribution >= 4 is 33.1 Å². The van der Waals surface area contributed by atoms with Crippen LogP contribution in [0.2, 0.25) is 0 Å². The van der Waals surface area contributed by atoms with E-state index in [1.807, 2.05) is 25.1 Å². The Kier molecular flexibility index (Phi) is 7.39. The normalized spacial score (nSPS) is 11.2. The fourth-order valence-electron chi connectivity index (χ4n) is 4.60. The molecule has 0 aliphatic rings. The highest BCUT2D eigenvalue weighted by atomic mass is 16.2. The molecule has 4 N–H and O–H groups in total. The average molecular weight is 528 g/mol. The van der Waals surface area contributed by atoms with Crippen LogP contribution in [0.1, 0.15) is 18.5 Å². The number of fused-ring (bicyclic) bond motifs is 3. The summed E-state index contributed by atoms with van der Waals surface area (Å²) in [5.41, 5.74) is 2.15. The molecule has 0 fully saturated rings. The van der Waals surface area contributed by atoms with Crippen molar-refractivity contribution in [1.29, 1.82) is 0 Å². The van der Waals surface area contributed by atoms with Gasteiger partial charge in [-0.15, -0.1) is 0 Å². The number of nitrogens with one attached hydrogen (secondary N) is 4. The molecule has 39 heavy (non-hydrogen) atoms. The third-order valence-electron chi connectivity index (χ3n) is 6.59. The number of H-pyrrole nitrogens is 2. The smallest absolute Gasteiger partial charge is 0.328 e. The van der Waals surface area contributed by atoms with Gasteiger partial charge in [-0.3, -0.25) is 24.5 Å². The van der Waals surface area contributed by atoms with Crippen LogP contribution in [0.5, 0.6) is 0 Å². The number of benzene rings is 2. The van der Waals surface area contributed by atoms with E-state index in [2.05, 4.69) is 38.8 Å². The molecular weight excluding hydrogens is 498 g/mol. The highest BCUT2D eigenvalue weighted by Gasteiger charge is 2.08. The molecule has 5 aromatic rings. The molecule has 3 heterocycles. The zero-order valence-corrected chi connectivity index (χ0v) is 21.5. The van der Waals surface area contributed by atoms with E-state index in [1.165, 1.54) is 33.7 Å². The average Bonchev–Trinajstić information content (AvgIpc) is 2.91. The molecule has 0 radical (unpaired) electrons. The number of hydrogen-bond acceptors (Lipinski definition) is 7. The van der Waals surface area contributed by atoms with E-state index in [0.717, 1.165) is 45.2 Å². The third kappa shape index (κ3) is 5.98. The maximum atomic E-state index is 11.8. The first kappa shape index (κ1) is 25.7. The second-order valence-electron chi connectivity index (χ2n) is 9.36. The summed E-state index contributed by atoms with van der Waals surface area (Å²) < 4.78 is 2.97. The highest BCUT2D eigenvalue weighted by Crippen LogP contribution is 2.30. The van der Waals surface area contributed by atoms with E-state index in [0.29, 0.717) is 32.6 Å². The molecule has 0 bridgehead atoms. The molecule has 0 unspecified atom stereocenters. The van der Waals surface area contributed by atoms with Crippen molar-refractivity contribution in [3.05, 3.63) is 108 Å². The minimum absolute atomic E-state index is 0.396. The minimum atomic E-state index is -0.402. The first-order valence-corrected chi connectivity index (χ1v) is 12.8. The predicted molar refractivity (Wildman–Crippen MR) is 153 cm³/mol. The molecular formula is C28H29N7O4. The van der Waals surface area contributed by atoms with Gasteiger partial charge in [0, 0.05) is 78.5 Å². The minimum Gasteiger partial charge on any atom is -0.385 e. The Morgan fingerprint density at radius 1 is 0.692 bits per heavy atom. The Labute approximate surface area is 222 Å². The monoisotopic (exact) mass is 527 g/mol. The molecule has 0 saturated heterocycles. The van der Waals surface area contributed by atoms with Crippen LogP contribution in [-0.4, -0.2) is 37.2 Å². The van der Waals surface area contributed by atoms with Crippen molar-refractivity contribution < 1.29 is 0 Å². The third-order valence-corrected chi connectivity index (χ3v) is 6.59. The lowest BCUT2D eigenvalue weighted by Crippen LogP contribution is -2.29. The van der Waals surface area contributed by atoms with Crippen molar-refractivity contribution in [3.8, 4) is 0 Å². The highest BCUT2D eigenvalue weighted by molar-refractivity contribution is 6.08. The van der Waals surface area contributed by atoms with Gasteiger partial charge in [0.1, 0.15) is 0 Å². The second kappa shape index (κ2) is 11.2. The van der Waals surface area contributed by atoms with E-state index in [1.54, 1.807) is 0 Å². The van der Waals surface area contributed by atoms with Crippen LogP contribution in [0.25, 0.3) is 21.7 Å². The summed E-state index contributed by atoms with van der Waals surface area (Å²) in [5.74, 6) is 0. The Morgan fingerprint density at radius 3 is 1.79 bits per heavy atom. The molecule has 5 rings (SSSR count). The fourth-order valence-corrected chi connectivity index (χ4v) is 4.60. The van der Waals surface area contributed by atoms with Gasteiger partial charge in [-0.05, 0) is 49.4 Å². The summed E-state index contributed by atoms with van der Waals surface area (Å²) in [7, 11) is 0. The molecule has 11 heteroatoms. The molecule has 0 aliphatic carbocycles. The number of hydrogen-bond donors (Lipinski definition) is 4. The van der Waals surface area contributed by atoms with E-state index in [9.17, 15) is 19.2 Å². The van der Waals surface area contributed by atoms with Crippen LogP contribution >= 0.6 is 0 Å². The van der Waals surface area contributed by atoms with Crippen LogP contribution in [0.3, 0.4) is 0 Å². The van der Waals surface area contributed by atoms with E-state index in [4.69, 9.17) is 4.98 Å². The lowest BCUT2D eigenvalue weighted by atomic mass is 10.0. The summed E-state index contributed by atoms with van der Waals surface area (Å²) in [6.07, 6.45) is 4.45. The number of rotatable bonds is 10. The van der Waals surface area contributed by atoms with E-state index < -0.39 is 22.5 Å². The number of pyridine rings is 1. The maximum absolute atomic E-state index is 11.8. The number of aryl methyl sites for hydroxylation is 3. The Hall–Kier alpha value is -4.93. The maximum Gasteiger partial charge on any atom is 0.328 e. The fraction of sp³-hybridized carbons (Fsp3) is 0.250. The molecule has 0 atom stereocenters. The molecule has 2 aromatic carbocycles. The number of nitrogens with zero attached hydrogens (tertiary/aromatic N) is 3. The number of aromatic amines is 2. The Bertz CT molecular complexity index is 1880. The molecule has 0 saturated carbocycles. The second-order valence-corrected chi connectivity index (χ2v) is 9.36. The van der Waals surface area contributed by atoms with E-state index >= 15 is 0 Å². The van der Waals surface area contributed by atoms with Gasteiger partial charge in [-0.25, -0.2) is 9.59 Å². The summed E-state index contributed by atoms with van der Waals surface area (Å²) >= 11 is 0. The number of aromatic nitrogens is 5. The van der Waals surface area contributed by atoms with Crippen LogP contribution in [0, 0.1) is 6.92 Å². The molecule has 3 aromatic heterocycles. The van der Waals surface area contributed by atoms with Crippen LogP contribution in [0.15, 0.2) is 80.1 Å². The topological polar surface area (TPSA) is 147 Å². The molecule has 0 amide bonds. The van der Waals surface area contributed by atoms with E-state index in [-0.39, 0.29) is 0 Å². The van der Waals surface area contributed by atoms with Crippen molar-refractivity contribution in [2.75, 3.05) is 23.7 Å². The van der Waals surface area contributed by atoms with Crippen molar-refractivity contribution in [2.24, 2.45) is 0 Å². The van der Waals surface area contributed by atoms with Crippen LogP contribution < -0.4 is 33.1 Å². The Balaban J connectivity index is 1.22. The first-order valence-electron chi connectivity index (χ1n) is 12.8. The summed E-state index contributed by atoms with van der Waals surface area (Å²) in [6, 6.07) is 15.0. The zero-order valence-electron chi connectivity index (χ0n) is 21.5. The van der Waals surface area contributed by atoms with Crippen molar-refractivity contribution in [1.82, 2.24) is 24.1 Å². The van der Waals surface area contributed by atoms with Gasteiger partial charge >= 0.3 is 11.4 Å². The zero-order chi connectivity index (χ0) is 27.4. The molecule has 0 aliphatic heterocycles. The number of anilines is 2. The molecule has 200 valence electrons. The SMILES string of the molecule is Cc1nc2cc(NCCCn3ccc(=O)[nH]c3=O)ccc2c2ccc(NCCCn3ccc(=O)[nH]c3=O)cc12. The van der Waals surface area contributed by atoms with Crippen LogP contribution in [0.4, 0.5) is 11.4 Å². The predicted octanol–water partition coefficient (Wildman–Crippen LogP) is 2.40. The molecule has 11 nitrogen and oxygen atoms in total. The Morgan fingerprint density at radius 2 is 1.23 bits per heavy atom. The van der Waals surface area contributed by atoms with Crippen molar-refractivity contribution in [3.63, 3.8) is 0 Å². The summed E-state index contributed by atoms with van der Waals surface area (Å²) in [5, 5.41) is 10.0. The van der Waals surface area contributed by atoms with Gasteiger partial charge in [0.2, 0.25) is 0 Å². The quantitative estimate of drug-likeness (QED) is 0.161. The van der Waals surface area contributed by atoms with Crippen LogP contribution in [-0.2, 0) is 13.1 Å². The van der Waals surface area contributed by atoms with Gasteiger partial charge in [0.15, 0.2) is 0 Å². The standard InChI is InChI=1S/C28H29N7O4/c1-18-23-16-19(29-10-2-12-34-14-8-25(36)32-27(34)38)4-6-21(23)22-7-5-20(17-24(22)31-18)30-11-3-13-35-15-9-26(37)33-28(35)39/h4-9,14-17,29-30H,2-3,10-13H2,1H3,(H,32,36,38)(H,33,37,39). The first-order chi connectivity index (χ1) is 18.9. The summed E-state index contributed by atoms with van der Waals surface area (Å²) in [6.45, 7) is 4.33. The largest absolute Gasteiger partial charge is 0.385 e. The van der Waals surface area contributed by atoms with Gasteiger partial charge in [0.25, 0.3) is 11.1 Å². The van der Waals surface area contributed by atoms with Crippen molar-refractivity contribution in [2.45, 2.75) is 32.9 Å². The van der Waals surface area contributed by atoms with Gasteiger partial charge < -0.3 is 19.8 Å².